The molecule has 0 amide bonds. The van der Waals surface area contributed by atoms with Crippen LogP contribution in [0.1, 0.15) is 5.69 Å². The minimum Gasteiger partial charge on any atom is -0.397 e. The quantitative estimate of drug-likeness (QED) is 0.637. The molecule has 0 aromatic carbocycles. The Morgan fingerprint density at radius 1 is 1.70 bits per heavy atom. The highest BCUT2D eigenvalue weighted by atomic mass is 127. The normalized spacial score (nSPS) is 9.80. The highest BCUT2D eigenvalue weighted by molar-refractivity contribution is 14.1. The van der Waals surface area contributed by atoms with E-state index in [4.69, 9.17) is 5.73 Å². The van der Waals surface area contributed by atoms with E-state index in [2.05, 4.69) is 43.5 Å². The van der Waals surface area contributed by atoms with Crippen LogP contribution in [-0.2, 0) is 5.33 Å². The second-order valence-corrected chi connectivity index (χ2v) is 3.63. The van der Waals surface area contributed by atoms with Gasteiger partial charge in [-0.2, -0.15) is 0 Å². The first-order chi connectivity index (χ1) is 4.74. The third-order valence-electron chi connectivity index (χ3n) is 1.10. The number of pyridine rings is 1. The van der Waals surface area contributed by atoms with Crippen molar-refractivity contribution in [2.45, 2.75) is 5.33 Å². The number of alkyl halides is 1. The molecule has 10 heavy (non-hydrogen) atoms. The predicted molar refractivity (Wildman–Crippen MR) is 54.0 cm³/mol. The van der Waals surface area contributed by atoms with Gasteiger partial charge in [0, 0.05) is 15.1 Å². The average Bonchev–Trinajstić information content (AvgIpc) is 1.88. The fourth-order valence-electron chi connectivity index (χ4n) is 0.595. The van der Waals surface area contributed by atoms with Crippen molar-refractivity contribution in [3.63, 3.8) is 0 Å². The van der Waals surface area contributed by atoms with Crippen molar-refractivity contribution in [3.05, 3.63) is 21.5 Å². The zero-order valence-corrected chi connectivity index (χ0v) is 8.89. The van der Waals surface area contributed by atoms with Crippen molar-refractivity contribution < 1.29 is 0 Å². The smallest absolute Gasteiger partial charge is 0.0738 e. The minimum atomic E-state index is 0.718. The molecule has 1 aromatic rings. The fraction of sp³-hybridized carbons (Fsp3) is 0.167. The topological polar surface area (TPSA) is 38.9 Å². The molecule has 0 bridgehead atoms. The second-order valence-electron chi connectivity index (χ2n) is 1.82. The van der Waals surface area contributed by atoms with E-state index in [1.165, 1.54) is 0 Å². The van der Waals surface area contributed by atoms with Crippen molar-refractivity contribution in [1.82, 2.24) is 4.98 Å². The summed E-state index contributed by atoms with van der Waals surface area (Å²) >= 11 is 5.47. The van der Waals surface area contributed by atoms with E-state index in [0.717, 1.165) is 20.3 Å². The molecule has 2 nitrogen and oxygen atoms in total. The molecule has 0 unspecified atom stereocenters. The molecule has 2 N–H and O–H groups in total. The maximum absolute atomic E-state index is 5.63. The lowest BCUT2D eigenvalue weighted by Crippen LogP contribution is -1.95. The Hall–Kier alpha value is 0.160. The maximum Gasteiger partial charge on any atom is 0.0738 e. The molecule has 54 valence electrons. The van der Waals surface area contributed by atoms with Crippen LogP contribution in [0.2, 0.25) is 0 Å². The zero-order valence-electron chi connectivity index (χ0n) is 5.14. The summed E-state index contributed by atoms with van der Waals surface area (Å²) in [6, 6.07) is 1.91. The third kappa shape index (κ3) is 1.82. The lowest BCUT2D eigenvalue weighted by atomic mass is 10.3. The van der Waals surface area contributed by atoms with Crippen molar-refractivity contribution in [2.24, 2.45) is 0 Å². The second kappa shape index (κ2) is 3.52. The van der Waals surface area contributed by atoms with Crippen LogP contribution in [0.5, 0.6) is 0 Å². The first-order valence-corrected chi connectivity index (χ1v) is 4.90. The van der Waals surface area contributed by atoms with Crippen LogP contribution in [0, 0.1) is 3.57 Å². The molecule has 0 aliphatic rings. The van der Waals surface area contributed by atoms with Crippen molar-refractivity contribution in [3.8, 4) is 0 Å². The Labute approximate surface area is 81.5 Å². The third-order valence-corrected chi connectivity index (χ3v) is 2.22. The number of anilines is 1. The van der Waals surface area contributed by atoms with Crippen LogP contribution in [0.25, 0.3) is 0 Å². The largest absolute Gasteiger partial charge is 0.397 e. The van der Waals surface area contributed by atoms with Crippen LogP contribution in [-0.4, -0.2) is 4.98 Å². The summed E-state index contributed by atoms with van der Waals surface area (Å²) in [5, 5.41) is 0.718. The lowest BCUT2D eigenvalue weighted by molar-refractivity contribution is 1.18. The monoisotopic (exact) mass is 312 g/mol. The molecule has 1 aromatic heterocycles. The summed E-state index contributed by atoms with van der Waals surface area (Å²) < 4.78 is 1.07. The summed E-state index contributed by atoms with van der Waals surface area (Å²) in [6.45, 7) is 0. The molecule has 0 saturated carbocycles. The molecule has 4 heteroatoms. The Morgan fingerprint density at radius 3 is 2.90 bits per heavy atom. The van der Waals surface area contributed by atoms with Gasteiger partial charge in [-0.1, -0.05) is 15.9 Å². The molecule has 0 saturated heterocycles. The molecule has 0 spiro atoms. The van der Waals surface area contributed by atoms with E-state index >= 15 is 0 Å². The summed E-state index contributed by atoms with van der Waals surface area (Å²) in [6.07, 6.45) is 1.80. The number of hydrogen-bond acceptors (Lipinski definition) is 2. The van der Waals surface area contributed by atoms with Gasteiger partial charge in [0.05, 0.1) is 11.4 Å². The Bertz CT molecular complexity index is 239. The number of halogens is 2. The van der Waals surface area contributed by atoms with Crippen LogP contribution in [0.15, 0.2) is 12.3 Å². The number of hydrogen-bond donors (Lipinski definition) is 1. The zero-order chi connectivity index (χ0) is 7.56. The van der Waals surface area contributed by atoms with Gasteiger partial charge in [0.15, 0.2) is 0 Å². The Morgan fingerprint density at radius 2 is 2.40 bits per heavy atom. The van der Waals surface area contributed by atoms with Crippen LogP contribution in [0.3, 0.4) is 0 Å². The molecule has 1 heterocycles. The van der Waals surface area contributed by atoms with Gasteiger partial charge < -0.3 is 5.73 Å². The van der Waals surface area contributed by atoms with Gasteiger partial charge in [-0.25, -0.2) is 0 Å². The van der Waals surface area contributed by atoms with E-state index in [1.54, 1.807) is 6.20 Å². The number of rotatable bonds is 1. The molecule has 0 atom stereocenters. The Kier molecular flexibility index (Phi) is 2.91. The number of nitrogens with two attached hydrogens (primary N) is 1. The van der Waals surface area contributed by atoms with Crippen molar-refractivity contribution in [1.29, 1.82) is 0 Å². The highest BCUT2D eigenvalue weighted by Gasteiger charge is 1.97. The highest BCUT2D eigenvalue weighted by Crippen LogP contribution is 2.14. The number of aromatic nitrogens is 1. The van der Waals surface area contributed by atoms with E-state index < -0.39 is 0 Å². The van der Waals surface area contributed by atoms with Gasteiger partial charge in [-0.15, -0.1) is 0 Å². The summed E-state index contributed by atoms with van der Waals surface area (Å²) in [5.41, 5.74) is 7.29. The molecular weight excluding hydrogens is 307 g/mol. The van der Waals surface area contributed by atoms with Gasteiger partial charge in [0.1, 0.15) is 0 Å². The summed E-state index contributed by atoms with van der Waals surface area (Å²) in [7, 11) is 0. The fourth-order valence-corrected chi connectivity index (χ4v) is 1.54. The number of nitrogen functional groups attached to an aromatic ring is 1. The molecule has 0 aliphatic heterocycles. The molecular formula is C6H6BrIN2. The van der Waals surface area contributed by atoms with E-state index in [9.17, 15) is 0 Å². The van der Waals surface area contributed by atoms with E-state index in [-0.39, 0.29) is 0 Å². The van der Waals surface area contributed by atoms with Gasteiger partial charge in [-0.3, -0.25) is 4.98 Å². The molecule has 1 rings (SSSR count). The summed E-state index contributed by atoms with van der Waals surface area (Å²) in [4.78, 5) is 4.12. The summed E-state index contributed by atoms with van der Waals surface area (Å²) in [5.74, 6) is 0. The van der Waals surface area contributed by atoms with Gasteiger partial charge in [-0.05, 0) is 28.7 Å². The predicted octanol–water partition coefficient (Wildman–Crippen LogP) is 2.16. The molecule has 0 radical (unpaired) electrons. The van der Waals surface area contributed by atoms with Gasteiger partial charge in [0.25, 0.3) is 0 Å². The first kappa shape index (κ1) is 8.26. The van der Waals surface area contributed by atoms with Crippen molar-refractivity contribution in [2.75, 3.05) is 5.73 Å². The lowest BCUT2D eigenvalue weighted by Gasteiger charge is -1.99. The average molecular weight is 313 g/mol. The molecule has 0 aliphatic carbocycles. The van der Waals surface area contributed by atoms with Crippen LogP contribution in [0.4, 0.5) is 5.69 Å². The van der Waals surface area contributed by atoms with Crippen molar-refractivity contribution >= 4 is 44.2 Å². The van der Waals surface area contributed by atoms with Crippen LogP contribution < -0.4 is 5.73 Å². The Balaban J connectivity index is 3.07. The number of nitrogens with zero attached hydrogens (tertiary/aromatic N) is 1. The van der Waals surface area contributed by atoms with E-state index in [1.807, 2.05) is 6.07 Å². The minimum absolute atomic E-state index is 0.718. The maximum atomic E-state index is 5.63. The molecule has 0 fully saturated rings. The van der Waals surface area contributed by atoms with Gasteiger partial charge in [0.2, 0.25) is 0 Å². The van der Waals surface area contributed by atoms with E-state index in [0.29, 0.717) is 0 Å². The SMILES string of the molecule is Nc1cc(I)cnc1CBr. The first-order valence-electron chi connectivity index (χ1n) is 2.70. The standard InChI is InChI=1S/C6H6BrIN2/c7-2-6-5(9)1-4(8)3-10-6/h1,3H,2,9H2. The van der Waals surface area contributed by atoms with Crippen LogP contribution >= 0.6 is 38.5 Å². The van der Waals surface area contributed by atoms with Gasteiger partial charge >= 0.3 is 0 Å².